The van der Waals surface area contributed by atoms with Gasteiger partial charge < -0.3 is 5.73 Å². The van der Waals surface area contributed by atoms with Crippen molar-refractivity contribution in [2.45, 2.75) is 24.8 Å². The molecule has 1 aromatic rings. The highest BCUT2D eigenvalue weighted by molar-refractivity contribution is 7.89. The molecule has 0 bridgehead atoms. The Morgan fingerprint density at radius 1 is 1.62 bits per heavy atom. The van der Waals surface area contributed by atoms with Gasteiger partial charge in [-0.3, -0.25) is 5.10 Å². The van der Waals surface area contributed by atoms with Crippen LogP contribution in [-0.4, -0.2) is 42.6 Å². The summed E-state index contributed by atoms with van der Waals surface area (Å²) in [6.45, 7) is 3.71. The number of aromatic nitrogens is 2. The van der Waals surface area contributed by atoms with Crippen LogP contribution in [0.5, 0.6) is 0 Å². The number of aromatic amines is 1. The van der Waals surface area contributed by atoms with Gasteiger partial charge in [-0.1, -0.05) is 0 Å². The van der Waals surface area contributed by atoms with Gasteiger partial charge in [-0.05, 0) is 13.8 Å². The summed E-state index contributed by atoms with van der Waals surface area (Å²) >= 11 is 0. The largest absolute Gasteiger partial charge is 0.329 e. The number of hydrogen-bond acceptors (Lipinski definition) is 4. The number of hydrogen-bond donors (Lipinski definition) is 2. The van der Waals surface area contributed by atoms with Crippen molar-refractivity contribution < 1.29 is 8.42 Å². The molecule has 1 rings (SSSR count). The van der Waals surface area contributed by atoms with Crippen molar-refractivity contribution in [2.75, 3.05) is 13.6 Å². The van der Waals surface area contributed by atoms with Crippen molar-refractivity contribution >= 4 is 22.4 Å². The topological polar surface area (TPSA) is 92.1 Å². The molecule has 1 heterocycles. The maximum atomic E-state index is 12.0. The molecular formula is C8H17ClN4O2S. The Labute approximate surface area is 102 Å². The Bertz CT molecular complexity index is 431. The number of halogens is 1. The SMILES string of the molecule is Cc1[nH]ncc1S(=O)(=O)N(C)C(C)CN.Cl. The van der Waals surface area contributed by atoms with Gasteiger partial charge in [-0.15, -0.1) is 12.4 Å². The van der Waals surface area contributed by atoms with Crippen LogP contribution in [-0.2, 0) is 10.0 Å². The fourth-order valence-corrected chi connectivity index (χ4v) is 2.63. The number of aryl methyl sites for hydroxylation is 1. The van der Waals surface area contributed by atoms with Crippen molar-refractivity contribution in [3.05, 3.63) is 11.9 Å². The van der Waals surface area contributed by atoms with Gasteiger partial charge in [0.25, 0.3) is 0 Å². The summed E-state index contributed by atoms with van der Waals surface area (Å²) in [7, 11) is -1.96. The molecule has 0 saturated heterocycles. The molecular weight excluding hydrogens is 252 g/mol. The number of H-pyrrole nitrogens is 1. The van der Waals surface area contributed by atoms with Crippen molar-refractivity contribution in [3.8, 4) is 0 Å². The van der Waals surface area contributed by atoms with Gasteiger partial charge in [-0.2, -0.15) is 9.40 Å². The normalized spacial score (nSPS) is 13.6. The molecule has 1 atom stereocenters. The van der Waals surface area contributed by atoms with E-state index in [9.17, 15) is 8.42 Å². The number of nitrogens with one attached hydrogen (secondary N) is 1. The van der Waals surface area contributed by atoms with E-state index in [4.69, 9.17) is 5.73 Å². The lowest BCUT2D eigenvalue weighted by atomic mass is 10.4. The maximum Gasteiger partial charge on any atom is 0.246 e. The van der Waals surface area contributed by atoms with Crippen LogP contribution in [0, 0.1) is 6.92 Å². The zero-order chi connectivity index (χ0) is 11.6. The van der Waals surface area contributed by atoms with Crippen molar-refractivity contribution in [1.82, 2.24) is 14.5 Å². The maximum absolute atomic E-state index is 12.0. The third-order valence-electron chi connectivity index (χ3n) is 2.40. The quantitative estimate of drug-likeness (QED) is 0.811. The lowest BCUT2D eigenvalue weighted by Gasteiger charge is -2.22. The summed E-state index contributed by atoms with van der Waals surface area (Å²) in [5, 5.41) is 6.29. The molecule has 0 saturated carbocycles. The van der Waals surface area contributed by atoms with Gasteiger partial charge in [-0.25, -0.2) is 8.42 Å². The number of nitrogens with zero attached hydrogens (tertiary/aromatic N) is 2. The van der Waals surface area contributed by atoms with Crippen LogP contribution < -0.4 is 5.73 Å². The molecule has 94 valence electrons. The molecule has 16 heavy (non-hydrogen) atoms. The van der Waals surface area contributed by atoms with Gasteiger partial charge in [0.05, 0.1) is 11.9 Å². The molecule has 0 aliphatic heterocycles. The average Bonchev–Trinajstić information content (AvgIpc) is 2.62. The van der Waals surface area contributed by atoms with E-state index in [1.54, 1.807) is 13.8 Å². The van der Waals surface area contributed by atoms with Crippen LogP contribution in [0.3, 0.4) is 0 Å². The van der Waals surface area contributed by atoms with Crippen molar-refractivity contribution in [3.63, 3.8) is 0 Å². The van der Waals surface area contributed by atoms with E-state index in [-0.39, 0.29) is 29.9 Å². The minimum absolute atomic E-state index is 0. The van der Waals surface area contributed by atoms with E-state index in [1.807, 2.05) is 0 Å². The molecule has 6 nitrogen and oxygen atoms in total. The van der Waals surface area contributed by atoms with Crippen LogP contribution in [0.15, 0.2) is 11.1 Å². The van der Waals surface area contributed by atoms with E-state index in [2.05, 4.69) is 10.2 Å². The van der Waals surface area contributed by atoms with E-state index < -0.39 is 10.0 Å². The van der Waals surface area contributed by atoms with Crippen LogP contribution in [0.25, 0.3) is 0 Å². The number of likely N-dealkylation sites (N-methyl/N-ethyl adjacent to an activating group) is 1. The second-order valence-corrected chi connectivity index (χ2v) is 5.43. The zero-order valence-electron chi connectivity index (χ0n) is 9.47. The summed E-state index contributed by atoms with van der Waals surface area (Å²) in [6, 6.07) is -0.232. The van der Waals surface area contributed by atoms with Gasteiger partial charge in [0, 0.05) is 19.6 Å². The first-order valence-corrected chi connectivity index (χ1v) is 6.03. The van der Waals surface area contributed by atoms with Gasteiger partial charge in [0.15, 0.2) is 0 Å². The molecule has 0 aliphatic rings. The molecule has 1 aromatic heterocycles. The first-order valence-electron chi connectivity index (χ1n) is 4.59. The predicted octanol–water partition coefficient (Wildman–Crippen LogP) is 0.108. The average molecular weight is 269 g/mol. The van der Waals surface area contributed by atoms with Crippen LogP contribution in [0.2, 0.25) is 0 Å². The number of sulfonamides is 1. The Balaban J connectivity index is 0.00000225. The highest BCUT2D eigenvalue weighted by Crippen LogP contribution is 2.17. The summed E-state index contributed by atoms with van der Waals surface area (Å²) in [5.41, 5.74) is 5.96. The van der Waals surface area contributed by atoms with E-state index in [0.717, 1.165) is 0 Å². The second kappa shape index (κ2) is 5.62. The summed E-state index contributed by atoms with van der Waals surface area (Å²) in [4.78, 5) is 0.199. The minimum atomic E-state index is -3.48. The zero-order valence-corrected chi connectivity index (χ0v) is 11.1. The van der Waals surface area contributed by atoms with Gasteiger partial charge in [0.2, 0.25) is 10.0 Å². The predicted molar refractivity (Wildman–Crippen MR) is 64.0 cm³/mol. The molecule has 0 fully saturated rings. The first-order chi connectivity index (χ1) is 6.91. The second-order valence-electron chi connectivity index (χ2n) is 3.47. The molecule has 0 spiro atoms. The van der Waals surface area contributed by atoms with Crippen molar-refractivity contribution in [1.29, 1.82) is 0 Å². The molecule has 0 aromatic carbocycles. The Morgan fingerprint density at radius 2 is 2.19 bits per heavy atom. The monoisotopic (exact) mass is 268 g/mol. The van der Waals surface area contributed by atoms with E-state index in [0.29, 0.717) is 5.69 Å². The molecule has 0 aliphatic carbocycles. The highest BCUT2D eigenvalue weighted by Gasteiger charge is 2.27. The van der Waals surface area contributed by atoms with Gasteiger partial charge >= 0.3 is 0 Å². The Kier molecular flexibility index (Phi) is 5.40. The molecule has 0 radical (unpaired) electrons. The van der Waals surface area contributed by atoms with Crippen LogP contribution in [0.1, 0.15) is 12.6 Å². The summed E-state index contributed by atoms with van der Waals surface area (Å²) < 4.78 is 25.3. The Morgan fingerprint density at radius 3 is 2.56 bits per heavy atom. The summed E-state index contributed by atoms with van der Waals surface area (Å²) in [5.74, 6) is 0. The van der Waals surface area contributed by atoms with Crippen LogP contribution in [0.4, 0.5) is 0 Å². The van der Waals surface area contributed by atoms with Crippen molar-refractivity contribution in [2.24, 2.45) is 5.73 Å². The lowest BCUT2D eigenvalue weighted by Crippen LogP contribution is -2.39. The van der Waals surface area contributed by atoms with Crippen LogP contribution >= 0.6 is 12.4 Å². The van der Waals surface area contributed by atoms with E-state index in [1.165, 1.54) is 17.5 Å². The minimum Gasteiger partial charge on any atom is -0.329 e. The lowest BCUT2D eigenvalue weighted by molar-refractivity contribution is 0.394. The third-order valence-corrected chi connectivity index (χ3v) is 4.49. The number of nitrogens with two attached hydrogens (primary N) is 1. The molecule has 1 unspecified atom stereocenters. The fourth-order valence-electron chi connectivity index (χ4n) is 1.14. The highest BCUT2D eigenvalue weighted by atomic mass is 35.5. The third kappa shape index (κ3) is 2.73. The molecule has 0 amide bonds. The molecule has 8 heteroatoms. The summed E-state index contributed by atoms with van der Waals surface area (Å²) in [6.07, 6.45) is 1.31. The first kappa shape index (κ1) is 15.4. The standard InChI is InChI=1S/C8H16N4O2S.ClH/c1-6(4-9)12(3)15(13,14)8-5-10-11-7(8)2;/h5-6H,4,9H2,1-3H3,(H,10,11);1H. The Hall–Kier alpha value is -0.630. The molecule has 3 N–H and O–H groups in total. The van der Waals surface area contributed by atoms with Gasteiger partial charge in [0.1, 0.15) is 4.90 Å². The number of rotatable bonds is 4. The van der Waals surface area contributed by atoms with E-state index >= 15 is 0 Å². The fraction of sp³-hybridized carbons (Fsp3) is 0.625. The smallest absolute Gasteiger partial charge is 0.246 e.